The molecule has 1 aliphatic heterocycles. The Hall–Kier alpha value is -3.16. The number of carbonyl (C=O) groups is 2. The summed E-state index contributed by atoms with van der Waals surface area (Å²) in [5, 5.41) is 2.41. The predicted octanol–water partition coefficient (Wildman–Crippen LogP) is 3.18. The van der Waals surface area contributed by atoms with E-state index in [0.717, 1.165) is 24.2 Å². The quantitative estimate of drug-likeness (QED) is 0.824. The SMILES string of the molecule is CN(C)c1c(F)cc(NC(=O)COc2ccc(N3CCCC3=O)cc2)cc1F. The van der Waals surface area contributed by atoms with Crippen molar-refractivity contribution in [2.24, 2.45) is 0 Å². The van der Waals surface area contributed by atoms with Gasteiger partial charge in [0.25, 0.3) is 5.91 Å². The van der Waals surface area contributed by atoms with E-state index in [4.69, 9.17) is 4.74 Å². The van der Waals surface area contributed by atoms with Crippen LogP contribution in [0.1, 0.15) is 12.8 Å². The molecule has 0 atom stereocenters. The third-order valence-corrected chi connectivity index (χ3v) is 4.34. The van der Waals surface area contributed by atoms with Gasteiger partial charge in [0, 0.05) is 38.4 Å². The topological polar surface area (TPSA) is 61.9 Å². The summed E-state index contributed by atoms with van der Waals surface area (Å²) in [6, 6.07) is 8.94. The number of hydrogen-bond donors (Lipinski definition) is 1. The summed E-state index contributed by atoms with van der Waals surface area (Å²) < 4.78 is 33.3. The number of hydrogen-bond acceptors (Lipinski definition) is 4. The van der Waals surface area contributed by atoms with Gasteiger partial charge >= 0.3 is 0 Å². The molecule has 0 bridgehead atoms. The van der Waals surface area contributed by atoms with Crippen molar-refractivity contribution in [3.63, 3.8) is 0 Å². The zero-order valence-corrected chi connectivity index (χ0v) is 15.7. The van der Waals surface area contributed by atoms with Gasteiger partial charge in [-0.25, -0.2) is 8.78 Å². The average Bonchev–Trinajstić information content (AvgIpc) is 3.05. The van der Waals surface area contributed by atoms with Gasteiger partial charge < -0.3 is 19.9 Å². The van der Waals surface area contributed by atoms with Crippen molar-refractivity contribution >= 4 is 28.9 Å². The standard InChI is InChI=1S/C20H21F2N3O3/c1-24(2)20-16(21)10-13(11-17(20)22)23-18(26)12-28-15-7-5-14(6-8-15)25-9-3-4-19(25)27/h5-8,10-11H,3-4,9,12H2,1-2H3,(H,23,26). The van der Waals surface area contributed by atoms with Crippen LogP contribution >= 0.6 is 0 Å². The molecule has 6 nitrogen and oxygen atoms in total. The predicted molar refractivity (Wildman–Crippen MR) is 103 cm³/mol. The number of nitrogens with zero attached hydrogens (tertiary/aromatic N) is 2. The average molecular weight is 389 g/mol. The van der Waals surface area contributed by atoms with Gasteiger partial charge in [-0.05, 0) is 42.8 Å². The van der Waals surface area contributed by atoms with Crippen molar-refractivity contribution in [1.29, 1.82) is 0 Å². The van der Waals surface area contributed by atoms with Gasteiger partial charge in [-0.15, -0.1) is 0 Å². The molecule has 3 rings (SSSR count). The molecule has 8 heteroatoms. The molecule has 0 aromatic heterocycles. The Labute approximate surface area is 161 Å². The highest BCUT2D eigenvalue weighted by molar-refractivity contribution is 5.95. The molecule has 148 valence electrons. The van der Waals surface area contributed by atoms with E-state index in [2.05, 4.69) is 5.32 Å². The minimum atomic E-state index is -0.770. The summed E-state index contributed by atoms with van der Waals surface area (Å²) in [6.07, 6.45) is 1.39. The van der Waals surface area contributed by atoms with E-state index in [0.29, 0.717) is 18.7 Å². The monoisotopic (exact) mass is 389 g/mol. The van der Waals surface area contributed by atoms with E-state index in [1.54, 1.807) is 29.2 Å². The minimum absolute atomic E-state index is 0.0112. The summed E-state index contributed by atoms with van der Waals surface area (Å²) >= 11 is 0. The maximum atomic E-state index is 14.0. The zero-order valence-electron chi connectivity index (χ0n) is 15.7. The van der Waals surface area contributed by atoms with E-state index < -0.39 is 17.5 Å². The molecule has 0 saturated carbocycles. The summed E-state index contributed by atoms with van der Waals surface area (Å²) in [6.45, 7) is 0.377. The van der Waals surface area contributed by atoms with Crippen molar-refractivity contribution in [2.45, 2.75) is 12.8 Å². The van der Waals surface area contributed by atoms with Gasteiger partial charge in [0.2, 0.25) is 5.91 Å². The van der Waals surface area contributed by atoms with E-state index in [1.807, 2.05) is 0 Å². The smallest absolute Gasteiger partial charge is 0.262 e. The first kappa shape index (κ1) is 19.6. The van der Waals surface area contributed by atoms with E-state index >= 15 is 0 Å². The second-order valence-corrected chi connectivity index (χ2v) is 6.66. The lowest BCUT2D eigenvalue weighted by Crippen LogP contribution is -2.23. The summed E-state index contributed by atoms with van der Waals surface area (Å²) in [7, 11) is 3.05. The fraction of sp³-hybridized carbons (Fsp3) is 0.300. The second kappa shape index (κ2) is 8.24. The largest absolute Gasteiger partial charge is 0.484 e. The fourth-order valence-corrected chi connectivity index (χ4v) is 3.05. The lowest BCUT2D eigenvalue weighted by molar-refractivity contribution is -0.118. The van der Waals surface area contributed by atoms with Crippen LogP contribution in [-0.4, -0.2) is 39.1 Å². The Kier molecular flexibility index (Phi) is 5.77. The molecule has 28 heavy (non-hydrogen) atoms. The summed E-state index contributed by atoms with van der Waals surface area (Å²) in [5.74, 6) is -1.55. The van der Waals surface area contributed by atoms with Crippen molar-refractivity contribution in [2.75, 3.05) is 42.4 Å². The molecule has 0 aliphatic carbocycles. The molecule has 0 spiro atoms. The molecule has 1 fully saturated rings. The van der Waals surface area contributed by atoms with Crippen LogP contribution in [0.3, 0.4) is 0 Å². The molecular weight excluding hydrogens is 368 g/mol. The van der Waals surface area contributed by atoms with Crippen LogP contribution in [0, 0.1) is 11.6 Å². The van der Waals surface area contributed by atoms with Crippen molar-refractivity contribution < 1.29 is 23.1 Å². The van der Waals surface area contributed by atoms with Crippen LogP contribution in [-0.2, 0) is 9.59 Å². The molecule has 2 aromatic carbocycles. The number of nitrogens with one attached hydrogen (secondary N) is 1. The van der Waals surface area contributed by atoms with Crippen molar-refractivity contribution in [3.05, 3.63) is 48.0 Å². The maximum Gasteiger partial charge on any atom is 0.262 e. The second-order valence-electron chi connectivity index (χ2n) is 6.66. The van der Waals surface area contributed by atoms with Crippen LogP contribution in [0.15, 0.2) is 36.4 Å². The molecular formula is C20H21F2N3O3. The fourth-order valence-electron chi connectivity index (χ4n) is 3.05. The first-order valence-electron chi connectivity index (χ1n) is 8.84. The maximum absolute atomic E-state index is 14.0. The number of rotatable bonds is 6. The molecule has 0 radical (unpaired) electrons. The lowest BCUT2D eigenvalue weighted by Gasteiger charge is -2.16. The van der Waals surface area contributed by atoms with Gasteiger partial charge in [-0.3, -0.25) is 9.59 Å². The van der Waals surface area contributed by atoms with E-state index in [1.165, 1.54) is 19.0 Å². The molecule has 0 unspecified atom stereocenters. The molecule has 1 saturated heterocycles. The molecule has 2 amide bonds. The third-order valence-electron chi connectivity index (χ3n) is 4.34. The van der Waals surface area contributed by atoms with Gasteiger partial charge in [0.05, 0.1) is 0 Å². The van der Waals surface area contributed by atoms with Crippen molar-refractivity contribution in [3.8, 4) is 5.75 Å². The van der Waals surface area contributed by atoms with E-state index in [-0.39, 0.29) is 23.9 Å². The van der Waals surface area contributed by atoms with Crippen LogP contribution in [0.2, 0.25) is 0 Å². The Morgan fingerprint density at radius 2 is 1.82 bits per heavy atom. The van der Waals surface area contributed by atoms with Crippen LogP contribution in [0.25, 0.3) is 0 Å². The number of carbonyl (C=O) groups excluding carboxylic acids is 2. The molecule has 1 N–H and O–H groups in total. The number of halogens is 2. The van der Waals surface area contributed by atoms with E-state index in [9.17, 15) is 18.4 Å². The summed E-state index contributed by atoms with van der Waals surface area (Å²) in [5.41, 5.74) is 0.620. The lowest BCUT2D eigenvalue weighted by atomic mass is 10.2. The van der Waals surface area contributed by atoms with Gasteiger partial charge in [-0.1, -0.05) is 0 Å². The number of benzene rings is 2. The van der Waals surface area contributed by atoms with Crippen molar-refractivity contribution in [1.82, 2.24) is 0 Å². The first-order valence-corrected chi connectivity index (χ1v) is 8.84. The normalized spacial score (nSPS) is 13.6. The molecule has 2 aromatic rings. The van der Waals surface area contributed by atoms with Gasteiger partial charge in [0.15, 0.2) is 18.2 Å². The Bertz CT molecular complexity index is 862. The highest BCUT2D eigenvalue weighted by Crippen LogP contribution is 2.26. The highest BCUT2D eigenvalue weighted by atomic mass is 19.1. The number of amides is 2. The Morgan fingerprint density at radius 3 is 2.36 bits per heavy atom. The third kappa shape index (κ3) is 4.39. The molecule has 1 aliphatic rings. The highest BCUT2D eigenvalue weighted by Gasteiger charge is 2.21. The summed E-state index contributed by atoms with van der Waals surface area (Å²) in [4.78, 5) is 26.8. The van der Waals surface area contributed by atoms with Gasteiger partial charge in [0.1, 0.15) is 11.4 Å². The minimum Gasteiger partial charge on any atom is -0.484 e. The van der Waals surface area contributed by atoms with Crippen LogP contribution in [0.4, 0.5) is 25.8 Å². The Morgan fingerprint density at radius 1 is 1.18 bits per heavy atom. The van der Waals surface area contributed by atoms with Crippen LogP contribution < -0.4 is 19.9 Å². The zero-order chi connectivity index (χ0) is 20.3. The first-order chi connectivity index (χ1) is 13.3. The number of anilines is 3. The van der Waals surface area contributed by atoms with Gasteiger partial charge in [-0.2, -0.15) is 0 Å². The molecule has 1 heterocycles. The Balaban J connectivity index is 1.56. The number of ether oxygens (including phenoxy) is 1. The van der Waals surface area contributed by atoms with Crippen LogP contribution in [0.5, 0.6) is 5.75 Å².